The zero-order valence-corrected chi connectivity index (χ0v) is 21.9. The molecule has 14 heteroatoms. The first-order valence-corrected chi connectivity index (χ1v) is 12.9. The number of methoxy groups -OCH3 is 1. The van der Waals surface area contributed by atoms with Crippen molar-refractivity contribution in [2.75, 3.05) is 33.4 Å². The van der Waals surface area contributed by atoms with Crippen LogP contribution in [-0.2, 0) is 0 Å². The molecule has 1 aliphatic heterocycles. The maximum absolute atomic E-state index is 13.3. The van der Waals surface area contributed by atoms with Gasteiger partial charge in [-0.1, -0.05) is 0 Å². The summed E-state index contributed by atoms with van der Waals surface area (Å²) in [5.74, 6) is 0.0271. The number of carbonyl (C=O) groups excluding carboxylic acids is 1. The van der Waals surface area contributed by atoms with Gasteiger partial charge in [0, 0.05) is 43.9 Å². The lowest BCUT2D eigenvalue weighted by Gasteiger charge is -2.47. The molecule has 1 saturated heterocycles. The average Bonchev–Trinajstić information content (AvgIpc) is 3.59. The molecule has 1 atom stereocenters. The van der Waals surface area contributed by atoms with E-state index in [-0.39, 0.29) is 48.3 Å². The van der Waals surface area contributed by atoms with Crippen molar-refractivity contribution in [3.8, 4) is 28.5 Å². The molecule has 0 spiro atoms. The fourth-order valence-corrected chi connectivity index (χ4v) is 4.86. The quantitative estimate of drug-likeness (QED) is 0.243. The van der Waals surface area contributed by atoms with Crippen LogP contribution in [0.25, 0.3) is 16.9 Å². The number of halogens is 5. The summed E-state index contributed by atoms with van der Waals surface area (Å²) in [6.07, 6.45) is -0.710. The van der Waals surface area contributed by atoms with Gasteiger partial charge in [-0.2, -0.15) is 22.0 Å². The van der Waals surface area contributed by atoms with Gasteiger partial charge in [0.1, 0.15) is 41.2 Å². The van der Waals surface area contributed by atoms with Crippen molar-refractivity contribution in [2.45, 2.75) is 43.8 Å². The number of likely N-dealkylation sites (tertiary alicyclic amines) is 1. The van der Waals surface area contributed by atoms with Gasteiger partial charge in [0.05, 0.1) is 19.0 Å². The fraction of sp³-hybridized carbons (Fsp3) is 0.481. The van der Waals surface area contributed by atoms with E-state index < -0.39 is 37.6 Å². The number of aliphatic hydroxyl groups is 2. The predicted octanol–water partition coefficient (Wildman–Crippen LogP) is 3.94. The average molecular weight is 586 g/mol. The highest BCUT2D eigenvalue weighted by Gasteiger charge is 2.60. The third-order valence-electron chi connectivity index (χ3n) is 7.14. The molecule has 2 fully saturated rings. The number of aromatic nitrogens is 2. The highest BCUT2D eigenvalue weighted by Crippen LogP contribution is 2.41. The van der Waals surface area contributed by atoms with Gasteiger partial charge in [0.15, 0.2) is 11.4 Å². The monoisotopic (exact) mass is 585 g/mol. The van der Waals surface area contributed by atoms with Crippen molar-refractivity contribution in [3.05, 3.63) is 42.2 Å². The molecule has 3 aromatic rings. The van der Waals surface area contributed by atoms with Crippen LogP contribution in [0, 0.1) is 5.92 Å². The summed E-state index contributed by atoms with van der Waals surface area (Å²) in [5.41, 5.74) is -1.49. The maximum Gasteiger partial charge on any atom is 0.419 e. The number of nitrogens with zero attached hydrogens (tertiary/aromatic N) is 3. The molecule has 1 saturated carbocycles. The number of hydrogen-bond donors (Lipinski definition) is 2. The van der Waals surface area contributed by atoms with E-state index in [0.29, 0.717) is 22.7 Å². The number of alkyl halides is 5. The zero-order chi connectivity index (χ0) is 29.5. The smallest absolute Gasteiger partial charge is 0.419 e. The number of carbonyl (C=O) groups is 1. The van der Waals surface area contributed by atoms with Crippen LogP contribution in [0.1, 0.15) is 29.6 Å². The molecule has 2 aliphatic rings. The summed E-state index contributed by atoms with van der Waals surface area (Å²) in [4.78, 5) is 18.5. The summed E-state index contributed by atoms with van der Waals surface area (Å²) in [7, 11) is 1.34. The Balaban J connectivity index is 1.30. The van der Waals surface area contributed by atoms with Crippen molar-refractivity contribution in [3.63, 3.8) is 0 Å². The number of aliphatic hydroxyl groups excluding tert-OH is 1. The van der Waals surface area contributed by atoms with Gasteiger partial charge in [0.2, 0.25) is 0 Å². The second-order valence-corrected chi connectivity index (χ2v) is 10.4. The van der Waals surface area contributed by atoms with Gasteiger partial charge in [0.25, 0.3) is 0 Å². The predicted molar refractivity (Wildman–Crippen MR) is 134 cm³/mol. The van der Waals surface area contributed by atoms with Crippen LogP contribution in [0.15, 0.2) is 36.7 Å². The molecule has 0 amide bonds. The Labute approximate surface area is 231 Å². The molecule has 0 bridgehead atoms. The summed E-state index contributed by atoms with van der Waals surface area (Å²) in [5, 5.41) is 19.7. The summed E-state index contributed by atoms with van der Waals surface area (Å²) in [6, 6.07) is 6.02. The topological polar surface area (TPSA) is 106 Å². The van der Waals surface area contributed by atoms with Crippen molar-refractivity contribution in [1.29, 1.82) is 0 Å². The Kier molecular flexibility index (Phi) is 7.83. The van der Waals surface area contributed by atoms with Crippen LogP contribution in [0.5, 0.6) is 17.2 Å². The summed E-state index contributed by atoms with van der Waals surface area (Å²) >= 11 is 0. The summed E-state index contributed by atoms with van der Waals surface area (Å²) in [6.45, 7) is -4.73. The number of hydrogen-bond acceptors (Lipinski definition) is 8. The van der Waals surface area contributed by atoms with Gasteiger partial charge in [-0.15, -0.1) is 0 Å². The number of β-amino-alcohol motifs (C(OH)–C–C–N with tert-alkyl or cyclic N) is 2. The van der Waals surface area contributed by atoms with Crippen LogP contribution in [0.2, 0.25) is 0 Å². The van der Waals surface area contributed by atoms with E-state index in [1.165, 1.54) is 24.3 Å². The molecule has 1 aliphatic carbocycles. The minimum Gasteiger partial charge on any atom is -0.496 e. The molecule has 41 heavy (non-hydrogen) atoms. The van der Waals surface area contributed by atoms with Gasteiger partial charge >= 0.3 is 12.8 Å². The minimum atomic E-state index is -4.73. The lowest BCUT2D eigenvalue weighted by Crippen LogP contribution is -2.70. The molecule has 2 N–H and O–H groups in total. The first-order valence-electron chi connectivity index (χ1n) is 12.9. The number of Topliss-reactive ketones (excluding diaryl/α,β-unsaturated/α-hetero) is 1. The number of benzene rings is 1. The van der Waals surface area contributed by atoms with E-state index in [1.807, 2.05) is 0 Å². The van der Waals surface area contributed by atoms with Crippen LogP contribution in [-0.4, -0.2) is 88.1 Å². The van der Waals surface area contributed by atoms with Crippen molar-refractivity contribution in [1.82, 2.24) is 14.3 Å². The molecule has 1 unspecified atom stereocenters. The van der Waals surface area contributed by atoms with E-state index >= 15 is 0 Å². The number of fused-ring (bicyclic) bond motifs is 1. The normalized spacial score (nSPS) is 17.9. The molecule has 3 heterocycles. The zero-order valence-electron chi connectivity index (χ0n) is 21.9. The first-order chi connectivity index (χ1) is 19.4. The minimum absolute atomic E-state index is 0.0344. The molecule has 5 rings (SSSR count). The number of ether oxygens (including phenoxy) is 3. The highest BCUT2D eigenvalue weighted by atomic mass is 19.4. The second-order valence-electron chi connectivity index (χ2n) is 10.4. The lowest BCUT2D eigenvalue weighted by molar-refractivity contribution is -0.303. The van der Waals surface area contributed by atoms with E-state index in [9.17, 15) is 37.0 Å². The third kappa shape index (κ3) is 6.23. The molecule has 222 valence electrons. The Morgan fingerprint density at radius 1 is 1.20 bits per heavy atom. The Morgan fingerprint density at radius 2 is 1.90 bits per heavy atom. The van der Waals surface area contributed by atoms with Crippen molar-refractivity contribution < 1.29 is 51.2 Å². The molecule has 1 aromatic carbocycles. The fourth-order valence-electron chi connectivity index (χ4n) is 4.86. The first kappa shape index (κ1) is 29.0. The van der Waals surface area contributed by atoms with Gasteiger partial charge in [-0.05, 0) is 37.0 Å². The molecule has 2 aromatic heterocycles. The summed E-state index contributed by atoms with van der Waals surface area (Å²) < 4.78 is 82.2. The van der Waals surface area contributed by atoms with Crippen LogP contribution in [0.4, 0.5) is 22.0 Å². The number of imidazole rings is 1. The number of pyridine rings is 1. The van der Waals surface area contributed by atoms with Crippen molar-refractivity contribution in [2.24, 2.45) is 5.92 Å². The van der Waals surface area contributed by atoms with Crippen molar-refractivity contribution >= 4 is 11.4 Å². The second kappa shape index (κ2) is 11.1. The highest BCUT2D eigenvalue weighted by molar-refractivity contribution is 6.02. The lowest BCUT2D eigenvalue weighted by atomic mass is 9.93. The Morgan fingerprint density at radius 3 is 2.54 bits per heavy atom. The van der Waals surface area contributed by atoms with Crippen LogP contribution < -0.4 is 14.2 Å². The van der Waals surface area contributed by atoms with Gasteiger partial charge < -0.3 is 24.4 Å². The standard InChI is InChI=1S/C27H28F5N3O6/c1-39-21-7-16(8-22(41-25(28)29)24(21)20(37)6-15-2-3-15)19-10-33-23-9-18(4-5-35(19)23)40-12-17(36)11-34-13-26(38,14-34)27(30,31)32/h4-5,7-10,15,17,25,36,38H,2-3,6,11-14H2,1H3. The molecular formula is C27H28F5N3O6. The number of rotatable bonds is 12. The molecular weight excluding hydrogens is 557 g/mol. The van der Waals surface area contributed by atoms with Crippen LogP contribution in [0.3, 0.4) is 0 Å². The Bertz CT molecular complexity index is 1420. The van der Waals surface area contributed by atoms with E-state index in [2.05, 4.69) is 4.98 Å². The SMILES string of the molecule is COc1cc(-c2cnc3cc(OCC(O)CN4CC(O)(C(F)(F)F)C4)ccn23)cc(OC(F)F)c1C(=O)CC1CC1. The third-order valence-corrected chi connectivity index (χ3v) is 7.14. The van der Waals surface area contributed by atoms with Gasteiger partial charge in [-0.3, -0.25) is 14.1 Å². The molecule has 0 radical (unpaired) electrons. The Hall–Kier alpha value is -3.49. The maximum atomic E-state index is 13.3. The van der Waals surface area contributed by atoms with E-state index in [4.69, 9.17) is 14.2 Å². The van der Waals surface area contributed by atoms with Gasteiger partial charge in [-0.25, -0.2) is 4.98 Å². The molecule has 9 nitrogen and oxygen atoms in total. The van der Waals surface area contributed by atoms with E-state index in [0.717, 1.165) is 12.8 Å². The van der Waals surface area contributed by atoms with E-state index in [1.54, 1.807) is 28.8 Å². The largest absolute Gasteiger partial charge is 0.496 e. The van der Waals surface area contributed by atoms with Crippen LogP contribution >= 0.6 is 0 Å². The number of ketones is 1.